The SMILES string of the molecule is C=C/C(C#C[Si](C)(C)C)=N\CCF. The maximum absolute atomic E-state index is 11.8. The molecule has 0 aliphatic rings. The third kappa shape index (κ3) is 7.48. The van der Waals surface area contributed by atoms with Gasteiger partial charge in [0.1, 0.15) is 20.5 Å². The van der Waals surface area contributed by atoms with Gasteiger partial charge in [-0.15, -0.1) is 5.54 Å². The molecule has 72 valence electrons. The first kappa shape index (κ1) is 12.1. The monoisotopic (exact) mass is 197 g/mol. The van der Waals surface area contributed by atoms with Crippen LogP contribution >= 0.6 is 0 Å². The molecule has 0 rings (SSSR count). The van der Waals surface area contributed by atoms with Gasteiger partial charge in [0.15, 0.2) is 0 Å². The zero-order valence-corrected chi connectivity index (χ0v) is 9.52. The Labute approximate surface area is 80.8 Å². The highest BCUT2D eigenvalue weighted by atomic mass is 28.3. The van der Waals surface area contributed by atoms with Gasteiger partial charge in [-0.25, -0.2) is 4.39 Å². The summed E-state index contributed by atoms with van der Waals surface area (Å²) in [5.41, 5.74) is 3.74. The molecule has 0 aliphatic heterocycles. The van der Waals surface area contributed by atoms with E-state index in [9.17, 15) is 4.39 Å². The van der Waals surface area contributed by atoms with Gasteiger partial charge >= 0.3 is 0 Å². The van der Waals surface area contributed by atoms with Crippen molar-refractivity contribution in [3.8, 4) is 11.5 Å². The second kappa shape index (κ2) is 5.71. The van der Waals surface area contributed by atoms with Crippen LogP contribution in [0.25, 0.3) is 0 Å². The van der Waals surface area contributed by atoms with Crippen molar-refractivity contribution in [3.63, 3.8) is 0 Å². The van der Waals surface area contributed by atoms with E-state index in [0.717, 1.165) is 0 Å². The third-order valence-electron chi connectivity index (χ3n) is 1.13. The van der Waals surface area contributed by atoms with E-state index in [2.05, 4.69) is 42.7 Å². The summed E-state index contributed by atoms with van der Waals surface area (Å²) in [5, 5.41) is 0. The van der Waals surface area contributed by atoms with E-state index in [1.54, 1.807) is 6.08 Å². The van der Waals surface area contributed by atoms with Crippen molar-refractivity contribution in [3.05, 3.63) is 12.7 Å². The standard InChI is InChI=1S/C10H16FNSi/c1-5-10(12-8-7-11)6-9-13(2,3)4/h5H,1,7-8H2,2-4H3/b12-10+. The number of rotatable bonds is 3. The topological polar surface area (TPSA) is 12.4 Å². The van der Waals surface area contributed by atoms with Crippen LogP contribution in [-0.2, 0) is 0 Å². The van der Waals surface area contributed by atoms with Crippen molar-refractivity contribution < 1.29 is 4.39 Å². The summed E-state index contributed by atoms with van der Waals surface area (Å²) in [7, 11) is -1.36. The van der Waals surface area contributed by atoms with Crippen molar-refractivity contribution >= 4 is 13.8 Å². The first-order valence-corrected chi connectivity index (χ1v) is 7.75. The first-order valence-electron chi connectivity index (χ1n) is 4.25. The second-order valence-corrected chi connectivity index (χ2v) is 8.41. The third-order valence-corrected chi connectivity index (χ3v) is 2.00. The van der Waals surface area contributed by atoms with E-state index in [1.807, 2.05) is 0 Å². The number of alkyl halides is 1. The predicted octanol–water partition coefficient (Wildman–Crippen LogP) is 2.46. The van der Waals surface area contributed by atoms with Gasteiger partial charge in [-0.2, -0.15) is 0 Å². The van der Waals surface area contributed by atoms with Crippen molar-refractivity contribution in [1.29, 1.82) is 0 Å². The average Bonchev–Trinajstić information content (AvgIpc) is 2.03. The van der Waals surface area contributed by atoms with Crippen LogP contribution in [0.5, 0.6) is 0 Å². The van der Waals surface area contributed by atoms with Crippen LogP contribution in [0, 0.1) is 11.5 Å². The molecule has 3 heteroatoms. The minimum absolute atomic E-state index is 0.182. The summed E-state index contributed by atoms with van der Waals surface area (Å²) in [5.74, 6) is 2.92. The summed E-state index contributed by atoms with van der Waals surface area (Å²) < 4.78 is 11.8. The smallest absolute Gasteiger partial charge is 0.129 e. The van der Waals surface area contributed by atoms with Crippen molar-refractivity contribution in [2.24, 2.45) is 4.99 Å². The Morgan fingerprint density at radius 2 is 2.15 bits per heavy atom. The fourth-order valence-corrected chi connectivity index (χ4v) is 1.07. The molecular formula is C10H16FNSi. The molecular weight excluding hydrogens is 181 g/mol. The van der Waals surface area contributed by atoms with Gasteiger partial charge in [-0.3, -0.25) is 4.99 Å². The highest BCUT2D eigenvalue weighted by Gasteiger charge is 2.07. The first-order chi connectivity index (χ1) is 5.99. The summed E-state index contributed by atoms with van der Waals surface area (Å²) in [6, 6.07) is 0. The molecule has 0 fully saturated rings. The van der Waals surface area contributed by atoms with E-state index in [4.69, 9.17) is 0 Å². The van der Waals surface area contributed by atoms with E-state index in [0.29, 0.717) is 5.71 Å². The molecule has 0 heterocycles. The molecule has 0 aromatic carbocycles. The van der Waals surface area contributed by atoms with Gasteiger partial charge in [0, 0.05) is 0 Å². The van der Waals surface area contributed by atoms with Crippen LogP contribution in [0.2, 0.25) is 19.6 Å². The Morgan fingerprint density at radius 3 is 2.54 bits per heavy atom. The summed E-state index contributed by atoms with van der Waals surface area (Å²) >= 11 is 0. The molecule has 0 saturated carbocycles. The molecule has 13 heavy (non-hydrogen) atoms. The summed E-state index contributed by atoms with van der Waals surface area (Å²) in [6.07, 6.45) is 1.57. The van der Waals surface area contributed by atoms with E-state index < -0.39 is 14.7 Å². The minimum atomic E-state index is -1.36. The zero-order valence-electron chi connectivity index (χ0n) is 8.52. The van der Waals surface area contributed by atoms with Gasteiger partial charge in [-0.05, 0) is 6.08 Å². The largest absolute Gasteiger partial charge is 0.274 e. The Hall–Kier alpha value is -0.883. The van der Waals surface area contributed by atoms with Gasteiger partial charge in [0.2, 0.25) is 0 Å². The molecule has 0 spiro atoms. The van der Waals surface area contributed by atoms with Crippen LogP contribution in [-0.4, -0.2) is 27.0 Å². The number of hydrogen-bond donors (Lipinski definition) is 0. The quantitative estimate of drug-likeness (QED) is 0.374. The van der Waals surface area contributed by atoms with Crippen molar-refractivity contribution in [2.45, 2.75) is 19.6 Å². The average molecular weight is 197 g/mol. The number of allylic oxidation sites excluding steroid dienone is 1. The molecule has 1 nitrogen and oxygen atoms in total. The molecule has 0 amide bonds. The van der Waals surface area contributed by atoms with E-state index in [1.165, 1.54) is 0 Å². The van der Waals surface area contributed by atoms with Crippen LogP contribution in [0.1, 0.15) is 0 Å². The molecule has 0 saturated heterocycles. The second-order valence-electron chi connectivity index (χ2n) is 3.66. The highest BCUT2D eigenvalue weighted by Crippen LogP contribution is 1.96. The van der Waals surface area contributed by atoms with Crippen LogP contribution < -0.4 is 0 Å². The van der Waals surface area contributed by atoms with Gasteiger partial charge in [-0.1, -0.05) is 32.1 Å². The summed E-state index contributed by atoms with van der Waals surface area (Å²) in [4.78, 5) is 3.94. The maximum Gasteiger partial charge on any atom is 0.129 e. The Morgan fingerprint density at radius 1 is 1.54 bits per heavy atom. The van der Waals surface area contributed by atoms with Gasteiger partial charge < -0.3 is 0 Å². The van der Waals surface area contributed by atoms with Crippen LogP contribution in [0.3, 0.4) is 0 Å². The fourth-order valence-electron chi connectivity index (χ4n) is 0.569. The van der Waals surface area contributed by atoms with E-state index in [-0.39, 0.29) is 6.54 Å². The lowest BCUT2D eigenvalue weighted by Crippen LogP contribution is -2.16. The molecule has 0 N–H and O–H groups in total. The van der Waals surface area contributed by atoms with Crippen molar-refractivity contribution in [2.75, 3.05) is 13.2 Å². The number of nitrogens with zero attached hydrogens (tertiary/aromatic N) is 1. The Balaban J connectivity index is 4.42. The molecule has 0 aromatic heterocycles. The molecule has 0 aromatic rings. The van der Waals surface area contributed by atoms with Gasteiger partial charge in [0.25, 0.3) is 0 Å². The zero-order chi connectivity index (χ0) is 10.3. The number of aliphatic imine (C=N–C) groups is 1. The van der Waals surface area contributed by atoms with Gasteiger partial charge in [0.05, 0.1) is 6.54 Å². The normalized spacial score (nSPS) is 11.8. The predicted molar refractivity (Wildman–Crippen MR) is 59.6 cm³/mol. The molecule has 0 radical (unpaired) electrons. The van der Waals surface area contributed by atoms with Crippen LogP contribution in [0.4, 0.5) is 4.39 Å². The van der Waals surface area contributed by atoms with Crippen molar-refractivity contribution in [1.82, 2.24) is 0 Å². The highest BCUT2D eigenvalue weighted by molar-refractivity contribution is 6.84. The van der Waals surface area contributed by atoms with E-state index >= 15 is 0 Å². The lowest BCUT2D eigenvalue weighted by atomic mass is 10.4. The molecule has 0 bridgehead atoms. The molecule has 0 aliphatic carbocycles. The maximum atomic E-state index is 11.8. The minimum Gasteiger partial charge on any atom is -0.274 e. The molecule has 0 unspecified atom stereocenters. The van der Waals surface area contributed by atoms with Crippen LogP contribution in [0.15, 0.2) is 17.6 Å². The number of hydrogen-bond acceptors (Lipinski definition) is 1. The lowest BCUT2D eigenvalue weighted by molar-refractivity contribution is 0.505. The summed E-state index contributed by atoms with van der Waals surface area (Å²) in [6.45, 7) is 9.76. The molecule has 0 atom stereocenters. The fraction of sp³-hybridized carbons (Fsp3) is 0.500. The Bertz CT molecular complexity index is 252. The lowest BCUT2D eigenvalue weighted by Gasteiger charge is -2.02. The number of halogens is 1. The Kier molecular flexibility index (Phi) is 5.32.